The third kappa shape index (κ3) is 10.3. The summed E-state index contributed by atoms with van der Waals surface area (Å²) >= 11 is 6.20. The van der Waals surface area contributed by atoms with Crippen LogP contribution in [0.1, 0.15) is 159 Å². The lowest BCUT2D eigenvalue weighted by Crippen LogP contribution is -2.54. The Morgan fingerprint density at radius 2 is 1.56 bits per heavy atom. The number of piperazine rings is 1. The number of carbonyl (C=O) groups excluding carboxylic acids is 6. The van der Waals surface area contributed by atoms with Gasteiger partial charge in [-0.3, -0.25) is 39.0 Å². The lowest BCUT2D eigenvalue weighted by Gasteiger charge is -2.38. The molecule has 7 rings (SSSR count). The van der Waals surface area contributed by atoms with Crippen molar-refractivity contribution in [2.45, 2.75) is 127 Å². The third-order valence-corrected chi connectivity index (χ3v) is 13.1. The monoisotopic (exact) mass is 867 g/mol. The number of piperidine rings is 1. The number of aliphatic hydroxyl groups is 1. The highest BCUT2D eigenvalue weighted by Gasteiger charge is 2.45. The van der Waals surface area contributed by atoms with Crippen LogP contribution in [0.2, 0.25) is 5.02 Å². The molecule has 3 N–H and O–H groups in total. The summed E-state index contributed by atoms with van der Waals surface area (Å²) in [6.07, 6.45) is 12.0. The number of rotatable bonds is 20. The molecule has 4 heterocycles. The Bertz CT molecular complexity index is 2140. The normalized spacial score (nSPS) is 20.3. The molecule has 1 aromatic heterocycles. The minimum Gasteiger partial charge on any atom is -0.387 e. The summed E-state index contributed by atoms with van der Waals surface area (Å²) in [6.45, 7) is 5.19. The molecule has 0 bridgehead atoms. The zero-order valence-electron chi connectivity index (χ0n) is 35.6. The molecule has 0 saturated carbocycles. The number of hydrogen-bond acceptors (Lipinski definition) is 11. The van der Waals surface area contributed by atoms with Crippen LogP contribution < -0.4 is 15.5 Å². The van der Waals surface area contributed by atoms with E-state index in [0.717, 1.165) is 85.3 Å². The number of aliphatic hydroxyl groups excluding tert-OH is 1. The lowest BCUT2D eigenvalue weighted by molar-refractivity contribution is -0.136. The number of nitrogens with zero attached hydrogens (tertiary/aromatic N) is 5. The van der Waals surface area contributed by atoms with Gasteiger partial charge < -0.3 is 20.2 Å². The Hall–Kier alpha value is -5.21. The Morgan fingerprint density at radius 3 is 2.29 bits per heavy atom. The van der Waals surface area contributed by atoms with Gasteiger partial charge in [0.05, 0.1) is 28.8 Å². The quantitative estimate of drug-likeness (QED) is 0.0797. The van der Waals surface area contributed by atoms with Crippen molar-refractivity contribution in [1.29, 1.82) is 0 Å². The molecule has 3 aromatic rings. The Kier molecular flexibility index (Phi) is 15.0. The zero-order chi connectivity index (χ0) is 43.8. The van der Waals surface area contributed by atoms with Crippen LogP contribution in [-0.2, 0) is 19.2 Å². The number of carbonyl (C=O) groups is 6. The van der Waals surface area contributed by atoms with Crippen molar-refractivity contribution >= 4 is 58.4 Å². The Labute approximate surface area is 368 Å². The number of halogens is 1. The van der Waals surface area contributed by atoms with Gasteiger partial charge in [0, 0.05) is 68.3 Å². The molecule has 2 fully saturated rings. The van der Waals surface area contributed by atoms with Crippen molar-refractivity contribution in [2.75, 3.05) is 42.9 Å². The molecule has 4 aliphatic rings. The van der Waals surface area contributed by atoms with E-state index in [1.165, 1.54) is 6.33 Å². The molecule has 1 aliphatic carbocycles. The van der Waals surface area contributed by atoms with Crippen LogP contribution in [-0.4, -0.2) is 99.0 Å². The largest absolute Gasteiger partial charge is 0.387 e. The first kappa shape index (κ1) is 44.8. The van der Waals surface area contributed by atoms with E-state index in [0.29, 0.717) is 69.1 Å². The van der Waals surface area contributed by atoms with Gasteiger partial charge in [-0.2, -0.15) is 0 Å². The van der Waals surface area contributed by atoms with Crippen molar-refractivity contribution in [3.8, 4) is 0 Å². The number of amides is 5. The van der Waals surface area contributed by atoms with Gasteiger partial charge in [0.2, 0.25) is 17.7 Å². The molecule has 2 aromatic carbocycles. The fraction of sp³-hybridized carbons (Fsp3) is 0.532. The highest BCUT2D eigenvalue weighted by Crippen LogP contribution is 2.43. The molecule has 0 radical (unpaired) electrons. The molecule has 62 heavy (non-hydrogen) atoms. The minimum absolute atomic E-state index is 0.0786. The van der Waals surface area contributed by atoms with Crippen LogP contribution in [0, 0.1) is 0 Å². The molecular formula is C47H58ClN7O7. The summed E-state index contributed by atoms with van der Waals surface area (Å²) in [6, 6.07) is 11.6. The van der Waals surface area contributed by atoms with E-state index in [1.54, 1.807) is 18.2 Å². The zero-order valence-corrected chi connectivity index (χ0v) is 36.3. The number of unbranched alkanes of at least 4 members (excludes halogenated alkanes) is 7. The van der Waals surface area contributed by atoms with Gasteiger partial charge in [0.1, 0.15) is 24.0 Å². The van der Waals surface area contributed by atoms with Gasteiger partial charge in [0.15, 0.2) is 0 Å². The van der Waals surface area contributed by atoms with E-state index >= 15 is 0 Å². The third-order valence-electron chi connectivity index (χ3n) is 12.9. The smallest absolute Gasteiger partial charge is 0.264 e. The van der Waals surface area contributed by atoms with Gasteiger partial charge in [-0.1, -0.05) is 75.2 Å². The molecule has 3 aliphatic heterocycles. The van der Waals surface area contributed by atoms with Gasteiger partial charge in [0.25, 0.3) is 11.8 Å². The Morgan fingerprint density at radius 1 is 0.871 bits per heavy atom. The fourth-order valence-electron chi connectivity index (χ4n) is 9.45. The van der Waals surface area contributed by atoms with Crippen LogP contribution in [0.25, 0.3) is 0 Å². The van der Waals surface area contributed by atoms with E-state index in [1.807, 2.05) is 29.2 Å². The average molecular weight is 868 g/mol. The molecule has 330 valence electrons. The highest BCUT2D eigenvalue weighted by molar-refractivity contribution is 6.30. The van der Waals surface area contributed by atoms with Gasteiger partial charge in [-0.15, -0.1) is 0 Å². The van der Waals surface area contributed by atoms with Gasteiger partial charge >= 0.3 is 0 Å². The highest BCUT2D eigenvalue weighted by atomic mass is 35.5. The maximum Gasteiger partial charge on any atom is 0.264 e. The number of benzene rings is 2. The number of imide groups is 2. The van der Waals surface area contributed by atoms with Crippen molar-refractivity contribution in [2.24, 2.45) is 0 Å². The Balaban J connectivity index is 0.766. The summed E-state index contributed by atoms with van der Waals surface area (Å²) < 4.78 is 0. The number of ketones is 1. The van der Waals surface area contributed by atoms with E-state index in [9.17, 15) is 33.9 Å². The SMILES string of the molecule is C[C@@H]1C[C@@H](O)c2ncnc(N3CCN(C(=O)[C@H](CCCCC(=O)CCCCCCCCCNc4cccc5c4C(=O)N(C4CCC(=O)NC4=O)C5=O)c4ccc(Cl)cc4)CC3)c21. The molecule has 14 nitrogen and oxygen atoms in total. The number of Topliss-reactive ketones (excluding diaryl/α,β-unsaturated/α-hetero) is 1. The number of anilines is 2. The molecule has 4 atom stereocenters. The topological polar surface area (TPSA) is 182 Å². The van der Waals surface area contributed by atoms with Crippen LogP contribution >= 0.6 is 11.6 Å². The standard InChI is InChI=1S/C47H58ClN7O7/c1-30-28-38(57)42-40(30)43(51-29-50-42)53-24-26-54(27-25-53)45(60)34(31-17-19-32(48)20-18-31)14-9-8-13-33(56)12-7-5-3-2-4-6-10-23-49-36-16-11-15-35-41(36)47(62)55(46(35)61)37-21-22-39(58)52-44(37)59/h11,15-20,29-30,34,37-38,49,57H,2-10,12-14,21-28H2,1H3,(H,52,58,59)/t30-,34-,37?,38-/m1/s1. The number of hydrogen-bond donors (Lipinski definition) is 3. The first-order valence-corrected chi connectivity index (χ1v) is 22.8. The predicted molar refractivity (Wildman–Crippen MR) is 235 cm³/mol. The number of fused-ring (bicyclic) bond motifs is 2. The summed E-state index contributed by atoms with van der Waals surface area (Å²) in [4.78, 5) is 91.3. The number of aromatic nitrogens is 2. The van der Waals surface area contributed by atoms with E-state index in [2.05, 4.69) is 32.4 Å². The summed E-state index contributed by atoms with van der Waals surface area (Å²) in [5, 5.41) is 16.6. The number of nitrogens with one attached hydrogen (secondary N) is 2. The molecule has 5 amide bonds. The first-order chi connectivity index (χ1) is 30.0. The molecular weight excluding hydrogens is 810 g/mol. The van der Waals surface area contributed by atoms with Crippen LogP contribution in [0.5, 0.6) is 0 Å². The van der Waals surface area contributed by atoms with Crippen LogP contribution in [0.4, 0.5) is 11.5 Å². The van der Waals surface area contributed by atoms with E-state index < -0.39 is 35.8 Å². The van der Waals surface area contributed by atoms with Gasteiger partial charge in [-0.25, -0.2) is 9.97 Å². The maximum absolute atomic E-state index is 14.0. The molecule has 1 unspecified atom stereocenters. The molecule has 0 spiro atoms. The first-order valence-electron chi connectivity index (χ1n) is 22.4. The molecule has 2 saturated heterocycles. The second kappa shape index (κ2) is 20.8. The predicted octanol–water partition coefficient (Wildman–Crippen LogP) is 6.87. The second-order valence-electron chi connectivity index (χ2n) is 17.2. The lowest BCUT2D eigenvalue weighted by atomic mass is 9.91. The van der Waals surface area contributed by atoms with Crippen LogP contribution in [0.15, 0.2) is 48.8 Å². The summed E-state index contributed by atoms with van der Waals surface area (Å²) in [7, 11) is 0. The van der Waals surface area contributed by atoms with Gasteiger partial charge in [-0.05, 0) is 74.3 Å². The fourth-order valence-corrected chi connectivity index (χ4v) is 9.58. The van der Waals surface area contributed by atoms with E-state index in [4.69, 9.17) is 11.6 Å². The minimum atomic E-state index is -0.992. The van der Waals surface area contributed by atoms with Crippen molar-refractivity contribution in [3.63, 3.8) is 0 Å². The van der Waals surface area contributed by atoms with Crippen molar-refractivity contribution in [3.05, 3.63) is 81.8 Å². The van der Waals surface area contributed by atoms with Crippen LogP contribution in [0.3, 0.4) is 0 Å². The van der Waals surface area contributed by atoms with E-state index in [-0.39, 0.29) is 47.5 Å². The maximum atomic E-state index is 14.0. The average Bonchev–Trinajstić information content (AvgIpc) is 3.71. The summed E-state index contributed by atoms with van der Waals surface area (Å²) in [5.74, 6) is -0.958. The summed E-state index contributed by atoms with van der Waals surface area (Å²) in [5.41, 5.74) is 3.79. The molecule has 15 heteroatoms. The van der Waals surface area contributed by atoms with Crippen molar-refractivity contribution < 1.29 is 33.9 Å². The second-order valence-corrected chi connectivity index (χ2v) is 17.6. The van der Waals surface area contributed by atoms with Crippen molar-refractivity contribution in [1.82, 2.24) is 25.1 Å².